The maximum atomic E-state index is 12.3. The van der Waals surface area contributed by atoms with Crippen LogP contribution in [0.2, 0.25) is 0 Å². The molecule has 0 unspecified atom stereocenters. The van der Waals surface area contributed by atoms with E-state index in [9.17, 15) is 18.0 Å². The number of halogens is 3. The van der Waals surface area contributed by atoms with Crippen molar-refractivity contribution in [3.8, 4) is 0 Å². The molecule has 1 N–H and O–H groups in total. The Labute approximate surface area is 164 Å². The molecule has 0 aliphatic carbocycles. The highest BCUT2D eigenvalue weighted by Gasteiger charge is 2.51. The van der Waals surface area contributed by atoms with E-state index in [4.69, 9.17) is 9.47 Å². The summed E-state index contributed by atoms with van der Waals surface area (Å²) in [5.41, 5.74) is 1.54. The van der Waals surface area contributed by atoms with E-state index in [1.54, 1.807) is 11.8 Å². The highest BCUT2D eigenvalue weighted by molar-refractivity contribution is 7.99. The van der Waals surface area contributed by atoms with Crippen molar-refractivity contribution in [3.05, 3.63) is 54.1 Å². The summed E-state index contributed by atoms with van der Waals surface area (Å²) >= 11 is 1.65. The van der Waals surface area contributed by atoms with Crippen LogP contribution in [0.5, 0.6) is 0 Å². The minimum atomic E-state index is -4.46. The predicted octanol–water partition coefficient (Wildman–Crippen LogP) is 4.53. The second-order valence-corrected chi connectivity index (χ2v) is 7.04. The summed E-state index contributed by atoms with van der Waals surface area (Å²) < 4.78 is 46.1. The van der Waals surface area contributed by atoms with Crippen molar-refractivity contribution in [2.45, 2.75) is 28.4 Å². The third kappa shape index (κ3) is 4.67. The van der Waals surface area contributed by atoms with Crippen LogP contribution in [0, 0.1) is 0 Å². The summed E-state index contributed by atoms with van der Waals surface area (Å²) in [6, 6.07) is 16.0. The molecule has 2 aliphatic rings. The highest BCUT2D eigenvalue weighted by Crippen LogP contribution is 2.43. The summed E-state index contributed by atoms with van der Waals surface area (Å²) in [6.07, 6.45) is -3.65. The molecule has 4 rings (SSSR count). The molecule has 150 valence electrons. The molecule has 0 bridgehead atoms. The van der Waals surface area contributed by atoms with Gasteiger partial charge in [-0.25, -0.2) is 0 Å². The van der Waals surface area contributed by atoms with E-state index in [0.717, 1.165) is 27.5 Å². The van der Waals surface area contributed by atoms with Crippen molar-refractivity contribution in [3.63, 3.8) is 0 Å². The number of alkyl halides is 3. The lowest BCUT2D eigenvalue weighted by molar-refractivity contribution is -0.311. The Bertz CT molecular complexity index is 824. The van der Waals surface area contributed by atoms with Crippen LogP contribution in [0.15, 0.2) is 58.3 Å². The minimum absolute atomic E-state index is 0.232. The molecule has 0 atom stereocenters. The van der Waals surface area contributed by atoms with E-state index in [0.29, 0.717) is 20.3 Å². The fourth-order valence-corrected chi connectivity index (χ4v) is 3.62. The summed E-state index contributed by atoms with van der Waals surface area (Å²) in [5, 5.41) is 2.85. The fourth-order valence-electron chi connectivity index (χ4n) is 2.74. The zero-order valence-corrected chi connectivity index (χ0v) is 15.7. The molecule has 2 heterocycles. The lowest BCUT2D eigenvalue weighted by Crippen LogP contribution is -2.43. The minimum Gasteiger partial charge on any atom is -0.338 e. The second kappa shape index (κ2) is 8.52. The van der Waals surface area contributed by atoms with Gasteiger partial charge in [0.15, 0.2) is 0 Å². The van der Waals surface area contributed by atoms with E-state index in [1.165, 1.54) is 0 Å². The Morgan fingerprint density at radius 2 is 1.71 bits per heavy atom. The molecular formula is C19H18F3NO4S. The Morgan fingerprint density at radius 3 is 2.32 bits per heavy atom. The maximum absolute atomic E-state index is 12.3. The average Bonchev–Trinajstić information content (AvgIpc) is 2.94. The summed E-state index contributed by atoms with van der Waals surface area (Å²) in [6.45, 7) is 1.06. The number of fused-ring (bicyclic) bond motifs is 2. The van der Waals surface area contributed by atoms with Gasteiger partial charge in [-0.3, -0.25) is 9.53 Å². The molecule has 0 saturated carbocycles. The van der Waals surface area contributed by atoms with E-state index in [1.807, 2.05) is 36.4 Å². The summed E-state index contributed by atoms with van der Waals surface area (Å²) in [7, 11) is 0.583. The normalized spacial score (nSPS) is 17.5. The van der Waals surface area contributed by atoms with Gasteiger partial charge in [-0.1, -0.05) is 30.0 Å². The quantitative estimate of drug-likeness (QED) is 0.784. The SMILES string of the molecule is COC(F)(F)F.O=C1Nc2ccc(Sc3ccccc3)cc2C12OCCCO2. The van der Waals surface area contributed by atoms with Crippen LogP contribution >= 0.6 is 11.8 Å². The molecule has 0 aromatic heterocycles. The van der Waals surface area contributed by atoms with E-state index in [-0.39, 0.29) is 5.91 Å². The van der Waals surface area contributed by atoms with Crippen molar-refractivity contribution in [1.82, 2.24) is 0 Å². The first-order valence-corrected chi connectivity index (χ1v) is 9.24. The van der Waals surface area contributed by atoms with Crippen LogP contribution in [-0.2, 0) is 24.8 Å². The van der Waals surface area contributed by atoms with Crippen LogP contribution in [0.3, 0.4) is 0 Å². The number of anilines is 1. The van der Waals surface area contributed by atoms with Gasteiger partial charge in [-0.2, -0.15) is 0 Å². The number of hydrogen-bond acceptors (Lipinski definition) is 5. The predicted molar refractivity (Wildman–Crippen MR) is 96.9 cm³/mol. The number of benzene rings is 2. The molecule has 1 amide bonds. The van der Waals surface area contributed by atoms with Gasteiger partial charge in [0, 0.05) is 22.5 Å². The first-order valence-electron chi connectivity index (χ1n) is 8.43. The Balaban J connectivity index is 0.000000330. The highest BCUT2D eigenvalue weighted by atomic mass is 32.2. The molecule has 0 radical (unpaired) electrons. The van der Waals surface area contributed by atoms with Gasteiger partial charge in [-0.15, -0.1) is 13.2 Å². The lowest BCUT2D eigenvalue weighted by atomic mass is 10.1. The number of rotatable bonds is 2. The first-order chi connectivity index (χ1) is 13.3. The van der Waals surface area contributed by atoms with Gasteiger partial charge in [0.1, 0.15) is 0 Å². The largest absolute Gasteiger partial charge is 0.522 e. The van der Waals surface area contributed by atoms with Crippen LogP contribution in [0.25, 0.3) is 0 Å². The number of ether oxygens (including phenoxy) is 3. The molecule has 1 saturated heterocycles. The van der Waals surface area contributed by atoms with Crippen LogP contribution in [-0.4, -0.2) is 32.6 Å². The van der Waals surface area contributed by atoms with E-state index >= 15 is 0 Å². The molecule has 2 aromatic carbocycles. The smallest absolute Gasteiger partial charge is 0.338 e. The molecular weight excluding hydrogens is 395 g/mol. The van der Waals surface area contributed by atoms with Crippen LogP contribution in [0.1, 0.15) is 12.0 Å². The van der Waals surface area contributed by atoms with E-state index < -0.39 is 12.1 Å². The van der Waals surface area contributed by atoms with Crippen molar-refractivity contribution in [2.75, 3.05) is 25.6 Å². The summed E-state index contributed by atoms with van der Waals surface area (Å²) in [5.74, 6) is -1.50. The lowest BCUT2D eigenvalue weighted by Gasteiger charge is -2.31. The van der Waals surface area contributed by atoms with Crippen LogP contribution in [0.4, 0.5) is 18.9 Å². The molecule has 28 heavy (non-hydrogen) atoms. The molecule has 2 aliphatic heterocycles. The zero-order valence-electron chi connectivity index (χ0n) is 14.9. The third-order valence-electron chi connectivity index (χ3n) is 4.00. The number of methoxy groups -OCH3 is 1. The van der Waals surface area contributed by atoms with Gasteiger partial charge in [0.25, 0.3) is 11.7 Å². The van der Waals surface area contributed by atoms with E-state index in [2.05, 4.69) is 22.2 Å². The second-order valence-electron chi connectivity index (χ2n) is 5.89. The van der Waals surface area contributed by atoms with Gasteiger partial charge < -0.3 is 14.8 Å². The number of carbonyl (C=O) groups is 1. The van der Waals surface area contributed by atoms with Crippen molar-refractivity contribution < 1.29 is 32.2 Å². The van der Waals surface area contributed by atoms with Crippen LogP contribution < -0.4 is 5.32 Å². The molecule has 1 spiro atoms. The number of nitrogens with one attached hydrogen (secondary N) is 1. The Kier molecular flexibility index (Phi) is 6.29. The Hall–Kier alpha value is -2.07. The molecule has 2 aromatic rings. The number of carbonyl (C=O) groups excluding carboxylic acids is 1. The zero-order chi connectivity index (χ0) is 20.2. The average molecular weight is 413 g/mol. The van der Waals surface area contributed by atoms with Crippen molar-refractivity contribution >= 4 is 23.4 Å². The number of amides is 1. The fraction of sp³-hybridized carbons (Fsp3) is 0.316. The molecule has 9 heteroatoms. The van der Waals surface area contributed by atoms with Gasteiger partial charge in [-0.05, 0) is 36.8 Å². The van der Waals surface area contributed by atoms with Crippen molar-refractivity contribution in [1.29, 1.82) is 0 Å². The summed E-state index contributed by atoms with van der Waals surface area (Å²) in [4.78, 5) is 14.5. The Morgan fingerprint density at radius 1 is 1.07 bits per heavy atom. The number of hydrogen-bond donors (Lipinski definition) is 1. The van der Waals surface area contributed by atoms with Gasteiger partial charge in [0.05, 0.1) is 18.9 Å². The maximum Gasteiger partial charge on any atom is 0.522 e. The first kappa shape index (κ1) is 20.7. The standard InChI is InChI=1S/C17H15NO3S.C2H3F3O/c19-16-17(20-9-4-10-21-17)14-11-13(7-8-15(14)18-16)22-12-5-2-1-3-6-12;1-6-2(3,4)5/h1-3,5-8,11H,4,9-10H2,(H,18,19);1H3. The molecule has 5 nitrogen and oxygen atoms in total. The van der Waals surface area contributed by atoms with Gasteiger partial charge >= 0.3 is 6.36 Å². The third-order valence-corrected chi connectivity index (χ3v) is 5.00. The topological polar surface area (TPSA) is 56.8 Å². The monoisotopic (exact) mass is 413 g/mol. The molecule has 1 fully saturated rings. The van der Waals surface area contributed by atoms with Crippen molar-refractivity contribution in [2.24, 2.45) is 0 Å². The van der Waals surface area contributed by atoms with Gasteiger partial charge in [0.2, 0.25) is 0 Å².